The Kier molecular flexibility index (Phi) is 3.80. The molecule has 2 aromatic rings. The molecular formula is C13H17NOS. The van der Waals surface area contributed by atoms with Gasteiger partial charge in [-0.15, -0.1) is 0 Å². The summed E-state index contributed by atoms with van der Waals surface area (Å²) in [5.74, 6) is 0. The molecule has 2 aromatic heterocycles. The molecule has 0 spiro atoms. The van der Waals surface area contributed by atoms with Crippen LogP contribution in [0.25, 0.3) is 0 Å². The summed E-state index contributed by atoms with van der Waals surface area (Å²) in [5.41, 5.74) is 4.03. The molecule has 2 nitrogen and oxygen atoms in total. The van der Waals surface area contributed by atoms with Crippen molar-refractivity contribution >= 4 is 11.3 Å². The molecule has 0 aliphatic carbocycles. The van der Waals surface area contributed by atoms with Gasteiger partial charge in [0.15, 0.2) is 0 Å². The summed E-state index contributed by atoms with van der Waals surface area (Å²) < 4.78 is 5.12. The Morgan fingerprint density at radius 3 is 2.88 bits per heavy atom. The van der Waals surface area contributed by atoms with E-state index in [1.54, 1.807) is 17.6 Å². The third-order valence-corrected chi connectivity index (χ3v) is 3.62. The minimum atomic E-state index is 0.397. The maximum atomic E-state index is 5.12. The summed E-state index contributed by atoms with van der Waals surface area (Å²) in [6.45, 7) is 5.30. The molecule has 0 fully saturated rings. The van der Waals surface area contributed by atoms with Crippen LogP contribution >= 0.6 is 11.3 Å². The van der Waals surface area contributed by atoms with E-state index in [1.165, 1.54) is 16.7 Å². The monoisotopic (exact) mass is 235 g/mol. The second-order valence-electron chi connectivity index (χ2n) is 3.96. The molecule has 0 aliphatic heterocycles. The predicted octanol–water partition coefficient (Wildman–Crippen LogP) is 3.54. The molecule has 1 unspecified atom stereocenters. The smallest absolute Gasteiger partial charge is 0.0935 e. The van der Waals surface area contributed by atoms with E-state index < -0.39 is 0 Å². The average Bonchev–Trinajstić information content (AvgIpc) is 2.88. The number of rotatable bonds is 5. The lowest BCUT2D eigenvalue weighted by molar-refractivity contribution is 0.534. The minimum absolute atomic E-state index is 0.397. The Hall–Kier alpha value is -1.06. The van der Waals surface area contributed by atoms with E-state index in [-0.39, 0.29) is 0 Å². The summed E-state index contributed by atoms with van der Waals surface area (Å²) in [6.07, 6.45) is 4.55. The Morgan fingerprint density at radius 1 is 1.44 bits per heavy atom. The zero-order valence-electron chi connectivity index (χ0n) is 9.69. The standard InChI is InChI=1S/C13H17NOS/c1-3-14-13(6-11-4-5-15-7-11)12-9-16-8-10(12)2/h4-5,7-9,13-14H,3,6H2,1-2H3. The molecule has 1 N–H and O–H groups in total. The van der Waals surface area contributed by atoms with Crippen molar-refractivity contribution in [1.29, 1.82) is 0 Å². The van der Waals surface area contributed by atoms with Crippen molar-refractivity contribution in [2.75, 3.05) is 6.54 Å². The van der Waals surface area contributed by atoms with Gasteiger partial charge in [0.05, 0.1) is 12.5 Å². The molecule has 2 rings (SSSR count). The zero-order valence-corrected chi connectivity index (χ0v) is 10.5. The van der Waals surface area contributed by atoms with Gasteiger partial charge in [0.2, 0.25) is 0 Å². The van der Waals surface area contributed by atoms with Crippen molar-refractivity contribution in [2.45, 2.75) is 26.3 Å². The molecular weight excluding hydrogens is 218 g/mol. The van der Waals surface area contributed by atoms with E-state index in [2.05, 4.69) is 29.9 Å². The van der Waals surface area contributed by atoms with E-state index >= 15 is 0 Å². The van der Waals surface area contributed by atoms with Crippen molar-refractivity contribution < 1.29 is 4.42 Å². The molecule has 0 saturated heterocycles. The van der Waals surface area contributed by atoms with Gasteiger partial charge >= 0.3 is 0 Å². The van der Waals surface area contributed by atoms with Gasteiger partial charge in [-0.25, -0.2) is 0 Å². The van der Waals surface area contributed by atoms with Crippen LogP contribution in [-0.4, -0.2) is 6.54 Å². The van der Waals surface area contributed by atoms with Gasteiger partial charge in [0.25, 0.3) is 0 Å². The first-order valence-corrected chi connectivity index (χ1v) is 6.52. The highest BCUT2D eigenvalue weighted by Gasteiger charge is 2.14. The lowest BCUT2D eigenvalue weighted by Gasteiger charge is -2.17. The maximum absolute atomic E-state index is 5.12. The van der Waals surface area contributed by atoms with Gasteiger partial charge in [-0.3, -0.25) is 0 Å². The van der Waals surface area contributed by atoms with Crippen molar-refractivity contribution in [3.05, 3.63) is 46.0 Å². The van der Waals surface area contributed by atoms with Gasteiger partial charge in [0, 0.05) is 6.04 Å². The summed E-state index contributed by atoms with van der Waals surface area (Å²) in [6, 6.07) is 2.43. The zero-order chi connectivity index (χ0) is 11.4. The largest absolute Gasteiger partial charge is 0.472 e. The number of hydrogen-bond acceptors (Lipinski definition) is 3. The first-order chi connectivity index (χ1) is 7.81. The lowest BCUT2D eigenvalue weighted by atomic mass is 10.0. The molecule has 0 saturated carbocycles. The SMILES string of the molecule is CCNC(Cc1ccoc1)c1cscc1C. The molecule has 0 aliphatic rings. The van der Waals surface area contributed by atoms with E-state index in [0.717, 1.165) is 13.0 Å². The summed E-state index contributed by atoms with van der Waals surface area (Å²) in [4.78, 5) is 0. The van der Waals surface area contributed by atoms with Gasteiger partial charge in [0.1, 0.15) is 0 Å². The second-order valence-corrected chi connectivity index (χ2v) is 4.70. The van der Waals surface area contributed by atoms with E-state index in [9.17, 15) is 0 Å². The first-order valence-electron chi connectivity index (χ1n) is 5.58. The molecule has 0 aromatic carbocycles. The van der Waals surface area contributed by atoms with Crippen molar-refractivity contribution in [2.24, 2.45) is 0 Å². The van der Waals surface area contributed by atoms with Crippen LogP contribution in [0.1, 0.15) is 29.7 Å². The third-order valence-electron chi connectivity index (χ3n) is 2.74. The van der Waals surface area contributed by atoms with Crippen LogP contribution in [-0.2, 0) is 6.42 Å². The Morgan fingerprint density at radius 2 is 2.31 bits per heavy atom. The Bertz CT molecular complexity index is 419. The van der Waals surface area contributed by atoms with Crippen LogP contribution < -0.4 is 5.32 Å². The highest BCUT2D eigenvalue weighted by Crippen LogP contribution is 2.25. The van der Waals surface area contributed by atoms with Crippen LogP contribution in [0.4, 0.5) is 0 Å². The lowest BCUT2D eigenvalue weighted by Crippen LogP contribution is -2.22. The van der Waals surface area contributed by atoms with Crippen LogP contribution in [0.5, 0.6) is 0 Å². The van der Waals surface area contributed by atoms with Gasteiger partial charge in [-0.1, -0.05) is 6.92 Å². The highest BCUT2D eigenvalue weighted by molar-refractivity contribution is 7.08. The first kappa shape index (κ1) is 11.4. The summed E-state index contributed by atoms with van der Waals surface area (Å²) in [7, 11) is 0. The topological polar surface area (TPSA) is 25.2 Å². The fourth-order valence-corrected chi connectivity index (χ4v) is 2.82. The normalized spacial score (nSPS) is 12.9. The van der Waals surface area contributed by atoms with E-state index in [1.807, 2.05) is 12.3 Å². The van der Waals surface area contributed by atoms with Crippen molar-refractivity contribution in [3.8, 4) is 0 Å². The van der Waals surface area contributed by atoms with Crippen LogP contribution in [0, 0.1) is 6.92 Å². The van der Waals surface area contributed by atoms with Crippen molar-refractivity contribution in [1.82, 2.24) is 5.32 Å². The number of furan rings is 1. The number of aryl methyl sites for hydroxylation is 1. The molecule has 2 heterocycles. The van der Waals surface area contributed by atoms with Crippen LogP contribution in [0.2, 0.25) is 0 Å². The fourth-order valence-electron chi connectivity index (χ4n) is 1.91. The quantitative estimate of drug-likeness (QED) is 0.857. The molecule has 0 radical (unpaired) electrons. The van der Waals surface area contributed by atoms with Gasteiger partial charge < -0.3 is 9.73 Å². The average molecular weight is 235 g/mol. The van der Waals surface area contributed by atoms with E-state index in [0.29, 0.717) is 6.04 Å². The third kappa shape index (κ3) is 2.54. The number of nitrogens with one attached hydrogen (secondary N) is 1. The van der Waals surface area contributed by atoms with Gasteiger partial charge in [-0.2, -0.15) is 11.3 Å². The van der Waals surface area contributed by atoms with Crippen molar-refractivity contribution in [3.63, 3.8) is 0 Å². The summed E-state index contributed by atoms with van der Waals surface area (Å²) in [5, 5.41) is 7.97. The molecule has 16 heavy (non-hydrogen) atoms. The van der Waals surface area contributed by atoms with Crippen LogP contribution in [0.3, 0.4) is 0 Å². The number of likely N-dealkylation sites (N-methyl/N-ethyl adjacent to an activating group) is 1. The number of thiophene rings is 1. The Balaban J connectivity index is 2.14. The molecule has 3 heteroatoms. The van der Waals surface area contributed by atoms with E-state index in [4.69, 9.17) is 4.42 Å². The molecule has 0 amide bonds. The summed E-state index contributed by atoms with van der Waals surface area (Å²) >= 11 is 1.77. The second kappa shape index (κ2) is 5.32. The predicted molar refractivity (Wildman–Crippen MR) is 67.9 cm³/mol. The fraction of sp³-hybridized carbons (Fsp3) is 0.385. The highest BCUT2D eigenvalue weighted by atomic mass is 32.1. The number of hydrogen-bond donors (Lipinski definition) is 1. The molecule has 0 bridgehead atoms. The minimum Gasteiger partial charge on any atom is -0.472 e. The van der Waals surface area contributed by atoms with Gasteiger partial charge in [-0.05, 0) is 53.4 Å². The molecule has 1 atom stereocenters. The maximum Gasteiger partial charge on any atom is 0.0935 e. The Labute approximate surface area is 100 Å². The molecule has 86 valence electrons. The van der Waals surface area contributed by atoms with Crippen LogP contribution in [0.15, 0.2) is 33.8 Å².